The van der Waals surface area contributed by atoms with E-state index in [0.717, 1.165) is 53.5 Å². The van der Waals surface area contributed by atoms with Crippen LogP contribution in [0.4, 0.5) is 0 Å². The van der Waals surface area contributed by atoms with Crippen LogP contribution >= 0.6 is 0 Å². The van der Waals surface area contributed by atoms with Gasteiger partial charge in [-0.2, -0.15) is 0 Å². The number of carbonyl (C=O) groups is 2. The first-order chi connectivity index (χ1) is 17.9. The highest BCUT2D eigenvalue weighted by molar-refractivity contribution is 5.89. The van der Waals surface area contributed by atoms with Crippen molar-refractivity contribution in [3.63, 3.8) is 0 Å². The molecule has 1 aliphatic rings. The van der Waals surface area contributed by atoms with E-state index in [1.165, 1.54) is 12.0 Å². The van der Waals surface area contributed by atoms with Gasteiger partial charge in [0.2, 0.25) is 11.8 Å². The van der Waals surface area contributed by atoms with Crippen LogP contribution in [0.5, 0.6) is 0 Å². The minimum Gasteiger partial charge on any atom is -0.352 e. The number of nitrogens with zero attached hydrogens (tertiary/aromatic N) is 1. The maximum atomic E-state index is 14.0. The van der Waals surface area contributed by atoms with E-state index in [4.69, 9.17) is 0 Å². The molecule has 1 unspecified atom stereocenters. The van der Waals surface area contributed by atoms with Gasteiger partial charge in [0.15, 0.2) is 0 Å². The number of rotatable bonds is 9. The summed E-state index contributed by atoms with van der Waals surface area (Å²) in [5.74, 6) is -0.0637. The number of aryl methyl sites for hydroxylation is 3. The average molecular weight is 497 g/mol. The summed E-state index contributed by atoms with van der Waals surface area (Å²) in [6, 6.07) is 24.1. The summed E-state index contributed by atoms with van der Waals surface area (Å²) < 4.78 is 0. The lowest BCUT2D eigenvalue weighted by atomic mass is 9.94. The monoisotopic (exact) mass is 496 g/mol. The zero-order valence-corrected chi connectivity index (χ0v) is 22.5. The van der Waals surface area contributed by atoms with Gasteiger partial charge in [0.1, 0.15) is 6.04 Å². The Balaban J connectivity index is 1.67. The predicted molar refractivity (Wildman–Crippen MR) is 150 cm³/mol. The van der Waals surface area contributed by atoms with E-state index in [1.54, 1.807) is 0 Å². The summed E-state index contributed by atoms with van der Waals surface area (Å²) in [5.41, 5.74) is 6.51. The van der Waals surface area contributed by atoms with E-state index in [0.29, 0.717) is 13.0 Å². The van der Waals surface area contributed by atoms with Gasteiger partial charge in [-0.15, -0.1) is 0 Å². The number of nitrogens with one attached hydrogen (secondary N) is 1. The van der Waals surface area contributed by atoms with Gasteiger partial charge >= 0.3 is 0 Å². The summed E-state index contributed by atoms with van der Waals surface area (Å²) in [7, 11) is 0. The maximum Gasteiger partial charge on any atom is 0.243 e. The highest BCUT2D eigenvalue weighted by Crippen LogP contribution is 2.21. The highest BCUT2D eigenvalue weighted by Gasteiger charge is 2.32. The standard InChI is InChI=1S/C33H40N2O2/c1-24-15-18-28(19-16-24)23-35(32(36)22-29-20-25(2)14-17-26(29)3)31(21-27-10-6-4-7-11-27)33(37)34-30-12-8-5-9-13-30/h4,6-7,10-11,14-20,30-31H,5,8-9,12-13,21-23H2,1-3H3,(H,34,37). The second-order valence-corrected chi connectivity index (χ2v) is 10.7. The van der Waals surface area contributed by atoms with Crippen LogP contribution < -0.4 is 5.32 Å². The molecule has 4 rings (SSSR count). The third-order valence-corrected chi connectivity index (χ3v) is 7.54. The Hall–Kier alpha value is -3.40. The SMILES string of the molecule is Cc1ccc(CN(C(=O)Cc2cc(C)ccc2C)C(Cc2ccccc2)C(=O)NC2CCCCC2)cc1. The van der Waals surface area contributed by atoms with Crippen molar-refractivity contribution in [3.8, 4) is 0 Å². The highest BCUT2D eigenvalue weighted by atomic mass is 16.2. The molecule has 0 radical (unpaired) electrons. The van der Waals surface area contributed by atoms with Gasteiger partial charge in [0, 0.05) is 19.0 Å². The van der Waals surface area contributed by atoms with E-state index >= 15 is 0 Å². The molecule has 1 N–H and O–H groups in total. The molecule has 1 aliphatic carbocycles. The molecule has 3 aromatic rings. The van der Waals surface area contributed by atoms with E-state index in [-0.39, 0.29) is 24.3 Å². The van der Waals surface area contributed by atoms with Crippen molar-refractivity contribution in [2.24, 2.45) is 0 Å². The van der Waals surface area contributed by atoms with Gasteiger partial charge in [0.25, 0.3) is 0 Å². The molecule has 194 valence electrons. The van der Waals surface area contributed by atoms with E-state index in [2.05, 4.69) is 54.7 Å². The van der Waals surface area contributed by atoms with Crippen LogP contribution in [0.15, 0.2) is 72.8 Å². The van der Waals surface area contributed by atoms with Crippen LogP contribution in [0.1, 0.15) is 65.5 Å². The topological polar surface area (TPSA) is 49.4 Å². The number of amides is 2. The van der Waals surface area contributed by atoms with Crippen LogP contribution in [0.3, 0.4) is 0 Å². The first-order valence-corrected chi connectivity index (χ1v) is 13.6. The Bertz CT molecular complexity index is 1180. The molecule has 1 saturated carbocycles. The van der Waals surface area contributed by atoms with E-state index < -0.39 is 6.04 Å². The molecule has 0 aromatic heterocycles. The maximum absolute atomic E-state index is 14.0. The van der Waals surface area contributed by atoms with Gasteiger partial charge in [0.05, 0.1) is 6.42 Å². The first kappa shape index (κ1) is 26.7. The zero-order valence-electron chi connectivity index (χ0n) is 22.5. The minimum atomic E-state index is -0.580. The van der Waals surface area contributed by atoms with Crippen molar-refractivity contribution in [1.82, 2.24) is 10.2 Å². The van der Waals surface area contributed by atoms with Crippen LogP contribution in [0.25, 0.3) is 0 Å². The number of hydrogen-bond acceptors (Lipinski definition) is 2. The summed E-state index contributed by atoms with van der Waals surface area (Å²) in [4.78, 5) is 29.7. The zero-order chi connectivity index (χ0) is 26.2. The van der Waals surface area contributed by atoms with E-state index in [9.17, 15) is 9.59 Å². The molecule has 2 amide bonds. The van der Waals surface area contributed by atoms with Crippen molar-refractivity contribution >= 4 is 11.8 Å². The van der Waals surface area contributed by atoms with Crippen molar-refractivity contribution in [3.05, 3.63) is 106 Å². The van der Waals surface area contributed by atoms with Crippen LogP contribution in [0, 0.1) is 20.8 Å². The molecule has 1 atom stereocenters. The van der Waals surface area contributed by atoms with Gasteiger partial charge in [-0.1, -0.05) is 103 Å². The van der Waals surface area contributed by atoms with Gasteiger partial charge in [-0.05, 0) is 55.9 Å². The Morgan fingerprint density at radius 3 is 2.22 bits per heavy atom. The number of carbonyl (C=O) groups excluding carboxylic acids is 2. The first-order valence-electron chi connectivity index (χ1n) is 13.6. The summed E-state index contributed by atoms with van der Waals surface area (Å²) in [6.07, 6.45) is 6.31. The lowest BCUT2D eigenvalue weighted by Gasteiger charge is -2.33. The molecule has 0 saturated heterocycles. The second-order valence-electron chi connectivity index (χ2n) is 10.7. The molecule has 0 bridgehead atoms. The summed E-state index contributed by atoms with van der Waals surface area (Å²) in [6.45, 7) is 6.56. The molecule has 4 nitrogen and oxygen atoms in total. The molecular weight excluding hydrogens is 456 g/mol. The molecule has 0 heterocycles. The van der Waals surface area contributed by atoms with Crippen molar-refractivity contribution < 1.29 is 9.59 Å². The molecule has 4 heteroatoms. The van der Waals surface area contributed by atoms with Crippen LogP contribution in [-0.2, 0) is 29.0 Å². The summed E-state index contributed by atoms with van der Waals surface area (Å²) >= 11 is 0. The predicted octanol–water partition coefficient (Wildman–Crippen LogP) is 6.24. The van der Waals surface area contributed by atoms with Crippen molar-refractivity contribution in [1.29, 1.82) is 0 Å². The number of benzene rings is 3. The third kappa shape index (κ3) is 7.55. The molecule has 3 aromatic carbocycles. The smallest absolute Gasteiger partial charge is 0.243 e. The molecule has 1 fully saturated rings. The van der Waals surface area contributed by atoms with Crippen molar-refractivity contribution in [2.45, 2.75) is 84.3 Å². The van der Waals surface area contributed by atoms with Gasteiger partial charge in [-0.3, -0.25) is 9.59 Å². The Labute approximate surface area is 222 Å². The normalized spacial score (nSPS) is 14.7. The van der Waals surface area contributed by atoms with Gasteiger partial charge < -0.3 is 10.2 Å². The molecule has 37 heavy (non-hydrogen) atoms. The largest absolute Gasteiger partial charge is 0.352 e. The van der Waals surface area contributed by atoms with E-state index in [1.807, 2.05) is 49.1 Å². The van der Waals surface area contributed by atoms with Gasteiger partial charge in [-0.25, -0.2) is 0 Å². The molecule has 0 spiro atoms. The average Bonchev–Trinajstić information content (AvgIpc) is 2.90. The minimum absolute atomic E-state index is 0.0194. The lowest BCUT2D eigenvalue weighted by Crippen LogP contribution is -2.53. The number of hydrogen-bond donors (Lipinski definition) is 1. The molecular formula is C33H40N2O2. The quantitative estimate of drug-likeness (QED) is 0.381. The third-order valence-electron chi connectivity index (χ3n) is 7.54. The fourth-order valence-electron chi connectivity index (χ4n) is 5.24. The second kappa shape index (κ2) is 12.7. The fraction of sp³-hybridized carbons (Fsp3) is 0.394. The molecule has 0 aliphatic heterocycles. The lowest BCUT2D eigenvalue weighted by molar-refractivity contribution is -0.141. The van der Waals surface area contributed by atoms with Crippen LogP contribution in [0.2, 0.25) is 0 Å². The van der Waals surface area contributed by atoms with Crippen molar-refractivity contribution in [2.75, 3.05) is 0 Å². The summed E-state index contributed by atoms with van der Waals surface area (Å²) in [5, 5.41) is 3.32. The fourth-order valence-corrected chi connectivity index (χ4v) is 5.24. The van der Waals surface area contributed by atoms with Crippen LogP contribution in [-0.4, -0.2) is 28.8 Å². The Kier molecular flexibility index (Phi) is 9.16. The Morgan fingerprint density at radius 1 is 0.838 bits per heavy atom. The Morgan fingerprint density at radius 2 is 1.51 bits per heavy atom.